The van der Waals surface area contributed by atoms with Gasteiger partial charge in [-0.25, -0.2) is 4.98 Å². The molecule has 0 fully saturated rings. The van der Waals surface area contributed by atoms with Gasteiger partial charge >= 0.3 is 0 Å². The number of rotatable bonds is 5. The Hall–Kier alpha value is -2.12. The minimum Gasteiger partial charge on any atom is -0.312 e. The molecule has 0 bridgehead atoms. The lowest BCUT2D eigenvalue weighted by Crippen LogP contribution is -2.32. The Morgan fingerprint density at radius 2 is 2.16 bits per heavy atom. The van der Waals surface area contributed by atoms with Gasteiger partial charge in [0, 0.05) is 19.3 Å². The van der Waals surface area contributed by atoms with Gasteiger partial charge in [-0.15, -0.1) is 11.3 Å². The molecule has 0 aliphatic carbocycles. The van der Waals surface area contributed by atoms with E-state index < -0.39 is 0 Å². The molecule has 0 aliphatic heterocycles. The Morgan fingerprint density at radius 1 is 1.36 bits per heavy atom. The standard InChI is InChI=1S/C18H19N3O2S2/c1-4-21(13-7-5-6-12(2)10-13)15(22)11-25-18-19-14-8-9-24-16(14)17(23)20(18)3/h5-10H,4,11H2,1-3H3. The second kappa shape index (κ2) is 7.41. The molecule has 7 heteroatoms. The summed E-state index contributed by atoms with van der Waals surface area (Å²) in [6.45, 7) is 4.56. The monoisotopic (exact) mass is 373 g/mol. The van der Waals surface area contributed by atoms with Crippen LogP contribution in [0.1, 0.15) is 12.5 Å². The molecule has 0 aliphatic rings. The van der Waals surface area contributed by atoms with Crippen molar-refractivity contribution in [1.29, 1.82) is 0 Å². The summed E-state index contributed by atoms with van der Waals surface area (Å²) >= 11 is 2.68. The number of thioether (sulfide) groups is 1. The zero-order chi connectivity index (χ0) is 18.0. The Kier molecular flexibility index (Phi) is 5.24. The number of nitrogens with zero attached hydrogens (tertiary/aromatic N) is 3. The number of aromatic nitrogens is 2. The highest BCUT2D eigenvalue weighted by Gasteiger charge is 2.16. The first-order valence-corrected chi connectivity index (χ1v) is 9.82. The number of fused-ring (bicyclic) bond motifs is 1. The highest BCUT2D eigenvalue weighted by molar-refractivity contribution is 7.99. The molecule has 2 aromatic heterocycles. The molecule has 130 valence electrons. The number of amides is 1. The number of aryl methyl sites for hydroxylation is 1. The van der Waals surface area contributed by atoms with E-state index >= 15 is 0 Å². The topological polar surface area (TPSA) is 55.2 Å². The smallest absolute Gasteiger partial charge is 0.271 e. The van der Waals surface area contributed by atoms with Crippen LogP contribution in [0.25, 0.3) is 10.2 Å². The lowest BCUT2D eigenvalue weighted by molar-refractivity contribution is -0.116. The normalized spacial score (nSPS) is 11.0. The molecule has 0 N–H and O–H groups in total. The summed E-state index contributed by atoms with van der Waals surface area (Å²) in [5, 5.41) is 2.42. The summed E-state index contributed by atoms with van der Waals surface area (Å²) in [6, 6.07) is 9.72. The fraction of sp³-hybridized carbons (Fsp3) is 0.278. The summed E-state index contributed by atoms with van der Waals surface area (Å²) in [5.41, 5.74) is 2.63. The maximum Gasteiger partial charge on any atom is 0.271 e. The van der Waals surface area contributed by atoms with Gasteiger partial charge in [0.05, 0.1) is 11.3 Å². The highest BCUT2D eigenvalue weighted by Crippen LogP contribution is 2.22. The maximum atomic E-state index is 12.7. The largest absolute Gasteiger partial charge is 0.312 e. The molecule has 1 amide bonds. The zero-order valence-corrected chi connectivity index (χ0v) is 16.0. The van der Waals surface area contributed by atoms with Crippen LogP contribution in [0.2, 0.25) is 0 Å². The molecule has 5 nitrogen and oxygen atoms in total. The summed E-state index contributed by atoms with van der Waals surface area (Å²) in [6.07, 6.45) is 0. The van der Waals surface area contributed by atoms with Crippen molar-refractivity contribution in [3.63, 3.8) is 0 Å². The van der Waals surface area contributed by atoms with Crippen LogP contribution in [-0.4, -0.2) is 27.8 Å². The van der Waals surface area contributed by atoms with Crippen molar-refractivity contribution in [1.82, 2.24) is 9.55 Å². The van der Waals surface area contributed by atoms with Crippen molar-refractivity contribution >= 4 is 44.9 Å². The first kappa shape index (κ1) is 17.7. The van der Waals surface area contributed by atoms with Crippen molar-refractivity contribution in [2.24, 2.45) is 7.05 Å². The van der Waals surface area contributed by atoms with E-state index in [1.165, 1.54) is 27.7 Å². The zero-order valence-electron chi connectivity index (χ0n) is 14.4. The van der Waals surface area contributed by atoms with Crippen LogP contribution in [0.5, 0.6) is 0 Å². The first-order chi connectivity index (χ1) is 12.0. The average Bonchev–Trinajstić information content (AvgIpc) is 3.06. The van der Waals surface area contributed by atoms with E-state index in [0.29, 0.717) is 21.9 Å². The van der Waals surface area contributed by atoms with Crippen molar-refractivity contribution in [3.8, 4) is 0 Å². The van der Waals surface area contributed by atoms with E-state index in [2.05, 4.69) is 4.98 Å². The molecule has 3 rings (SSSR count). The van der Waals surface area contributed by atoms with Gasteiger partial charge in [0.15, 0.2) is 5.16 Å². The number of hydrogen-bond acceptors (Lipinski definition) is 5. The molecule has 0 atom stereocenters. The van der Waals surface area contributed by atoms with Gasteiger partial charge in [-0.05, 0) is 43.0 Å². The SMILES string of the molecule is CCN(C(=O)CSc1nc2ccsc2c(=O)n1C)c1cccc(C)c1. The molecule has 0 saturated carbocycles. The number of carbonyl (C=O) groups is 1. The van der Waals surface area contributed by atoms with Gasteiger partial charge in [-0.3, -0.25) is 14.2 Å². The van der Waals surface area contributed by atoms with Gasteiger partial charge in [-0.2, -0.15) is 0 Å². The quantitative estimate of drug-likeness (QED) is 0.508. The number of benzene rings is 1. The van der Waals surface area contributed by atoms with E-state index in [9.17, 15) is 9.59 Å². The van der Waals surface area contributed by atoms with Crippen molar-refractivity contribution in [3.05, 3.63) is 51.6 Å². The molecule has 0 unspecified atom stereocenters. The van der Waals surface area contributed by atoms with Gasteiger partial charge in [0.1, 0.15) is 4.70 Å². The average molecular weight is 374 g/mol. The van der Waals surface area contributed by atoms with Crippen LogP contribution in [0.3, 0.4) is 0 Å². The number of hydrogen-bond donors (Lipinski definition) is 0. The van der Waals surface area contributed by atoms with Crippen molar-refractivity contribution in [2.75, 3.05) is 17.2 Å². The molecular formula is C18H19N3O2S2. The second-order valence-corrected chi connectivity index (χ2v) is 7.52. The van der Waals surface area contributed by atoms with Gasteiger partial charge in [0.25, 0.3) is 5.56 Å². The van der Waals surface area contributed by atoms with E-state index in [0.717, 1.165) is 11.3 Å². The van der Waals surface area contributed by atoms with Crippen LogP contribution >= 0.6 is 23.1 Å². The molecule has 2 heterocycles. The van der Waals surface area contributed by atoms with Crippen LogP contribution in [0.4, 0.5) is 5.69 Å². The lowest BCUT2D eigenvalue weighted by atomic mass is 10.2. The van der Waals surface area contributed by atoms with Gasteiger partial charge in [-0.1, -0.05) is 23.9 Å². The lowest BCUT2D eigenvalue weighted by Gasteiger charge is -2.21. The predicted molar refractivity (Wildman–Crippen MR) is 105 cm³/mol. The summed E-state index contributed by atoms with van der Waals surface area (Å²) in [4.78, 5) is 31.2. The first-order valence-electron chi connectivity index (χ1n) is 7.95. The molecule has 0 saturated heterocycles. The van der Waals surface area contributed by atoms with Crippen LogP contribution in [0.15, 0.2) is 45.7 Å². The molecule has 0 radical (unpaired) electrons. The minimum absolute atomic E-state index is 0.00207. The third-order valence-corrected chi connectivity index (χ3v) is 5.81. The van der Waals surface area contributed by atoms with Gasteiger partial charge in [0.2, 0.25) is 5.91 Å². The Morgan fingerprint density at radius 3 is 2.88 bits per heavy atom. The fourth-order valence-electron chi connectivity index (χ4n) is 2.60. The number of carbonyl (C=O) groups excluding carboxylic acids is 1. The molecular weight excluding hydrogens is 354 g/mol. The number of thiophene rings is 1. The minimum atomic E-state index is -0.0685. The summed E-state index contributed by atoms with van der Waals surface area (Å²) in [5.74, 6) is 0.232. The summed E-state index contributed by atoms with van der Waals surface area (Å²) in [7, 11) is 1.69. The fourth-order valence-corrected chi connectivity index (χ4v) is 4.25. The summed E-state index contributed by atoms with van der Waals surface area (Å²) < 4.78 is 2.16. The Bertz CT molecular complexity index is 978. The third-order valence-electron chi connectivity index (χ3n) is 3.90. The van der Waals surface area contributed by atoms with Crippen LogP contribution in [-0.2, 0) is 11.8 Å². The van der Waals surface area contributed by atoms with Crippen LogP contribution in [0, 0.1) is 6.92 Å². The highest BCUT2D eigenvalue weighted by atomic mass is 32.2. The van der Waals surface area contributed by atoms with Crippen LogP contribution < -0.4 is 10.5 Å². The maximum absolute atomic E-state index is 12.7. The molecule has 0 spiro atoms. The molecule has 1 aromatic carbocycles. The van der Waals surface area contributed by atoms with E-state index in [-0.39, 0.29) is 17.2 Å². The van der Waals surface area contributed by atoms with E-state index in [1.807, 2.05) is 49.6 Å². The van der Waals surface area contributed by atoms with E-state index in [1.54, 1.807) is 11.9 Å². The Labute approximate surface area is 154 Å². The van der Waals surface area contributed by atoms with Crippen molar-refractivity contribution in [2.45, 2.75) is 19.0 Å². The van der Waals surface area contributed by atoms with Gasteiger partial charge < -0.3 is 4.90 Å². The number of anilines is 1. The second-order valence-electron chi connectivity index (χ2n) is 5.66. The molecule has 25 heavy (non-hydrogen) atoms. The molecule has 3 aromatic rings. The predicted octanol–water partition coefficient (Wildman–Crippen LogP) is 3.45. The Balaban J connectivity index is 1.79. The van der Waals surface area contributed by atoms with Crippen molar-refractivity contribution < 1.29 is 4.79 Å². The van der Waals surface area contributed by atoms with E-state index in [4.69, 9.17) is 0 Å². The third kappa shape index (κ3) is 3.62.